The quantitative estimate of drug-likeness (QED) is 0.627. The molecule has 0 radical (unpaired) electrons. The van der Waals surface area contributed by atoms with Crippen molar-refractivity contribution < 1.29 is 0 Å². The summed E-state index contributed by atoms with van der Waals surface area (Å²) in [5.74, 6) is 0.819. The predicted molar refractivity (Wildman–Crippen MR) is 90.2 cm³/mol. The Morgan fingerprint density at radius 3 is 1.71 bits per heavy atom. The standard InChI is InChI=1S/C21H18/c1-2-17(20-13-11-15-7-3-5-9-18(15)20)21-14-12-16-8-4-6-10-19(16)21/h2-14,20-21H,1H3. The lowest BCUT2D eigenvalue weighted by atomic mass is 9.82. The predicted octanol–water partition coefficient (Wildman–Crippen LogP) is 5.55. The number of benzene rings is 2. The van der Waals surface area contributed by atoms with Crippen molar-refractivity contribution in [2.24, 2.45) is 0 Å². The summed E-state index contributed by atoms with van der Waals surface area (Å²) in [4.78, 5) is 0. The molecule has 0 bridgehead atoms. The molecule has 2 aromatic rings. The van der Waals surface area contributed by atoms with Crippen LogP contribution in [-0.4, -0.2) is 0 Å². The SMILES string of the molecule is CC=C(C1C=Cc2ccccc21)C1C=Cc2ccccc21. The van der Waals surface area contributed by atoms with E-state index in [4.69, 9.17) is 0 Å². The molecule has 0 amide bonds. The van der Waals surface area contributed by atoms with Crippen molar-refractivity contribution in [2.45, 2.75) is 18.8 Å². The molecule has 0 heterocycles. The van der Waals surface area contributed by atoms with E-state index in [1.54, 1.807) is 0 Å². The third kappa shape index (κ3) is 1.91. The first kappa shape index (κ1) is 12.4. The maximum absolute atomic E-state index is 2.34. The maximum Gasteiger partial charge on any atom is 0.0246 e. The Morgan fingerprint density at radius 2 is 1.24 bits per heavy atom. The molecule has 0 fully saturated rings. The van der Waals surface area contributed by atoms with E-state index in [0.717, 1.165) is 0 Å². The fraction of sp³-hybridized carbons (Fsp3) is 0.143. The molecule has 102 valence electrons. The monoisotopic (exact) mass is 270 g/mol. The average molecular weight is 270 g/mol. The van der Waals surface area contributed by atoms with Crippen molar-refractivity contribution >= 4 is 12.2 Å². The molecular formula is C21H18. The van der Waals surface area contributed by atoms with E-state index in [1.165, 1.54) is 27.8 Å². The van der Waals surface area contributed by atoms with Crippen molar-refractivity contribution in [3.05, 3.63) is 94.6 Å². The molecule has 0 aromatic heterocycles. The van der Waals surface area contributed by atoms with Crippen LogP contribution in [0.3, 0.4) is 0 Å². The Morgan fingerprint density at radius 1 is 0.762 bits per heavy atom. The summed E-state index contributed by atoms with van der Waals surface area (Å²) >= 11 is 0. The van der Waals surface area contributed by atoms with Crippen molar-refractivity contribution in [1.29, 1.82) is 0 Å². The number of allylic oxidation sites excluding steroid dienone is 4. The van der Waals surface area contributed by atoms with Crippen LogP contribution in [0.4, 0.5) is 0 Å². The van der Waals surface area contributed by atoms with Crippen LogP contribution in [0.15, 0.2) is 72.3 Å². The highest BCUT2D eigenvalue weighted by atomic mass is 14.3. The van der Waals surface area contributed by atoms with Gasteiger partial charge in [-0.2, -0.15) is 0 Å². The Hall–Kier alpha value is -2.34. The summed E-state index contributed by atoms with van der Waals surface area (Å²) in [7, 11) is 0. The first-order chi connectivity index (χ1) is 10.4. The molecule has 0 spiro atoms. The van der Waals surface area contributed by atoms with E-state index in [-0.39, 0.29) is 0 Å². The summed E-state index contributed by atoms with van der Waals surface area (Å²) in [6.45, 7) is 2.17. The topological polar surface area (TPSA) is 0 Å². The lowest BCUT2D eigenvalue weighted by Gasteiger charge is -2.22. The summed E-state index contributed by atoms with van der Waals surface area (Å²) < 4.78 is 0. The fourth-order valence-electron chi connectivity index (χ4n) is 3.63. The molecule has 2 aromatic carbocycles. The van der Waals surface area contributed by atoms with Gasteiger partial charge in [0.15, 0.2) is 0 Å². The van der Waals surface area contributed by atoms with Crippen LogP contribution in [0.1, 0.15) is 41.0 Å². The van der Waals surface area contributed by atoms with Crippen LogP contribution < -0.4 is 0 Å². The Kier molecular flexibility index (Phi) is 2.89. The molecule has 2 atom stereocenters. The molecular weight excluding hydrogens is 252 g/mol. The molecule has 0 N–H and O–H groups in total. The van der Waals surface area contributed by atoms with Crippen molar-refractivity contribution in [3.63, 3.8) is 0 Å². The van der Waals surface area contributed by atoms with Crippen LogP contribution in [0, 0.1) is 0 Å². The molecule has 2 unspecified atom stereocenters. The lowest BCUT2D eigenvalue weighted by molar-refractivity contribution is 0.874. The third-order valence-corrected chi connectivity index (χ3v) is 4.65. The zero-order valence-electron chi connectivity index (χ0n) is 12.2. The molecule has 4 rings (SSSR count). The van der Waals surface area contributed by atoms with E-state index < -0.39 is 0 Å². The number of hydrogen-bond acceptors (Lipinski definition) is 0. The first-order valence-corrected chi connectivity index (χ1v) is 7.59. The van der Waals surface area contributed by atoms with Gasteiger partial charge in [0.25, 0.3) is 0 Å². The van der Waals surface area contributed by atoms with Gasteiger partial charge in [0, 0.05) is 11.8 Å². The van der Waals surface area contributed by atoms with E-state index in [1.807, 2.05) is 0 Å². The summed E-state index contributed by atoms with van der Waals surface area (Å²) in [5, 5.41) is 0. The lowest BCUT2D eigenvalue weighted by Crippen LogP contribution is -2.06. The molecule has 21 heavy (non-hydrogen) atoms. The van der Waals surface area contributed by atoms with Crippen LogP contribution >= 0.6 is 0 Å². The van der Waals surface area contributed by atoms with Crippen molar-refractivity contribution in [3.8, 4) is 0 Å². The molecule has 0 nitrogen and oxygen atoms in total. The van der Waals surface area contributed by atoms with E-state index in [0.29, 0.717) is 11.8 Å². The van der Waals surface area contributed by atoms with E-state index >= 15 is 0 Å². The summed E-state index contributed by atoms with van der Waals surface area (Å²) in [6, 6.07) is 17.4. The second-order valence-electron chi connectivity index (χ2n) is 5.72. The van der Waals surface area contributed by atoms with Crippen molar-refractivity contribution in [1.82, 2.24) is 0 Å². The van der Waals surface area contributed by atoms with Gasteiger partial charge in [-0.05, 0) is 29.2 Å². The van der Waals surface area contributed by atoms with Gasteiger partial charge < -0.3 is 0 Å². The molecule has 0 saturated carbocycles. The highest BCUT2D eigenvalue weighted by Gasteiger charge is 2.28. The fourth-order valence-corrected chi connectivity index (χ4v) is 3.63. The minimum Gasteiger partial charge on any atom is -0.0866 e. The molecule has 2 aliphatic carbocycles. The smallest absolute Gasteiger partial charge is 0.0246 e. The highest BCUT2D eigenvalue weighted by molar-refractivity contribution is 5.69. The number of hydrogen-bond donors (Lipinski definition) is 0. The van der Waals surface area contributed by atoms with Crippen LogP contribution in [0.5, 0.6) is 0 Å². The first-order valence-electron chi connectivity index (χ1n) is 7.59. The van der Waals surface area contributed by atoms with Gasteiger partial charge >= 0.3 is 0 Å². The maximum atomic E-state index is 2.34. The largest absolute Gasteiger partial charge is 0.0866 e. The number of fused-ring (bicyclic) bond motifs is 2. The molecule has 0 aliphatic heterocycles. The molecule has 0 saturated heterocycles. The highest BCUT2D eigenvalue weighted by Crippen LogP contribution is 2.45. The van der Waals surface area contributed by atoms with Crippen LogP contribution in [0.25, 0.3) is 12.2 Å². The second kappa shape index (κ2) is 4.89. The van der Waals surface area contributed by atoms with Gasteiger partial charge in [-0.1, -0.05) is 84.5 Å². The van der Waals surface area contributed by atoms with Crippen LogP contribution in [-0.2, 0) is 0 Å². The summed E-state index contributed by atoms with van der Waals surface area (Å²) in [6.07, 6.45) is 11.5. The molecule has 0 heteroatoms. The van der Waals surface area contributed by atoms with Gasteiger partial charge in [0.2, 0.25) is 0 Å². The minimum atomic E-state index is 0.409. The van der Waals surface area contributed by atoms with E-state index in [9.17, 15) is 0 Å². The Labute approximate surface area is 126 Å². The Balaban J connectivity index is 1.76. The second-order valence-corrected chi connectivity index (χ2v) is 5.72. The van der Waals surface area contributed by atoms with E-state index in [2.05, 4.69) is 85.8 Å². The van der Waals surface area contributed by atoms with Gasteiger partial charge in [0.1, 0.15) is 0 Å². The van der Waals surface area contributed by atoms with Gasteiger partial charge in [-0.15, -0.1) is 0 Å². The van der Waals surface area contributed by atoms with Gasteiger partial charge in [0.05, 0.1) is 0 Å². The minimum absolute atomic E-state index is 0.409. The van der Waals surface area contributed by atoms with Crippen molar-refractivity contribution in [2.75, 3.05) is 0 Å². The van der Waals surface area contributed by atoms with Crippen LogP contribution in [0.2, 0.25) is 0 Å². The average Bonchev–Trinajstić information content (AvgIpc) is 3.14. The normalized spacial score (nSPS) is 21.2. The summed E-state index contributed by atoms with van der Waals surface area (Å²) in [5.41, 5.74) is 7.07. The Bertz CT molecular complexity index is 711. The molecule has 2 aliphatic rings. The van der Waals surface area contributed by atoms with Gasteiger partial charge in [-0.25, -0.2) is 0 Å². The zero-order chi connectivity index (χ0) is 14.2. The third-order valence-electron chi connectivity index (χ3n) is 4.65. The number of rotatable bonds is 2. The zero-order valence-corrected chi connectivity index (χ0v) is 12.2. The van der Waals surface area contributed by atoms with Gasteiger partial charge in [-0.3, -0.25) is 0 Å².